The highest BCUT2D eigenvalue weighted by molar-refractivity contribution is 5.63. The molecule has 28 heavy (non-hydrogen) atoms. The zero-order valence-corrected chi connectivity index (χ0v) is 15.3. The fraction of sp³-hybridized carbons (Fsp3) is 0.0476. The SMILES string of the molecule is Cn1cnnc1-c1cccc(N[n+]2ccc(-c3cnc4ccccn34)cc2)c1. The Balaban J connectivity index is 1.41. The fourth-order valence-electron chi connectivity index (χ4n) is 3.24. The maximum Gasteiger partial charge on any atom is 0.200 e. The number of pyridine rings is 2. The minimum atomic E-state index is 0.830. The molecule has 0 aliphatic carbocycles. The van der Waals surface area contributed by atoms with E-state index in [1.807, 2.05) is 77.5 Å². The zero-order valence-electron chi connectivity index (χ0n) is 15.3. The summed E-state index contributed by atoms with van der Waals surface area (Å²) in [6.45, 7) is 0. The number of imidazole rings is 1. The van der Waals surface area contributed by atoms with E-state index in [2.05, 4.69) is 43.2 Å². The number of anilines is 1. The van der Waals surface area contributed by atoms with Crippen LogP contribution in [-0.4, -0.2) is 24.1 Å². The van der Waals surface area contributed by atoms with Gasteiger partial charge in [0.1, 0.15) is 12.0 Å². The first-order valence-electron chi connectivity index (χ1n) is 8.93. The molecule has 7 nitrogen and oxygen atoms in total. The van der Waals surface area contributed by atoms with Crippen molar-refractivity contribution in [3.8, 4) is 22.6 Å². The molecule has 0 atom stereocenters. The van der Waals surface area contributed by atoms with Crippen molar-refractivity contribution in [1.82, 2.24) is 24.1 Å². The third kappa shape index (κ3) is 2.88. The first-order valence-corrected chi connectivity index (χ1v) is 8.93. The summed E-state index contributed by atoms with van der Waals surface area (Å²) in [4.78, 5) is 4.45. The van der Waals surface area contributed by atoms with Crippen molar-refractivity contribution in [3.63, 3.8) is 0 Å². The van der Waals surface area contributed by atoms with Gasteiger partial charge in [0.05, 0.1) is 17.6 Å². The van der Waals surface area contributed by atoms with Crippen LogP contribution in [0.4, 0.5) is 5.69 Å². The van der Waals surface area contributed by atoms with Crippen LogP contribution in [0, 0.1) is 0 Å². The number of benzene rings is 1. The monoisotopic (exact) mass is 368 g/mol. The molecule has 0 fully saturated rings. The van der Waals surface area contributed by atoms with Crippen molar-refractivity contribution in [2.75, 3.05) is 5.43 Å². The van der Waals surface area contributed by atoms with Gasteiger partial charge in [0.2, 0.25) is 12.4 Å². The van der Waals surface area contributed by atoms with Crippen LogP contribution in [0.15, 0.2) is 85.7 Å². The van der Waals surface area contributed by atoms with Gasteiger partial charge in [0.25, 0.3) is 0 Å². The highest BCUT2D eigenvalue weighted by Gasteiger charge is 2.10. The minimum Gasteiger partial charge on any atom is -0.317 e. The molecule has 136 valence electrons. The maximum atomic E-state index is 4.45. The molecule has 0 aliphatic rings. The molecule has 7 heteroatoms. The van der Waals surface area contributed by atoms with Crippen LogP contribution < -0.4 is 10.1 Å². The van der Waals surface area contributed by atoms with Gasteiger partial charge in [0.15, 0.2) is 5.82 Å². The van der Waals surface area contributed by atoms with Crippen LogP contribution in [0.5, 0.6) is 0 Å². The molecule has 1 N–H and O–H groups in total. The Morgan fingerprint density at radius 1 is 0.964 bits per heavy atom. The molecule has 5 aromatic rings. The number of fused-ring (bicyclic) bond motifs is 1. The van der Waals surface area contributed by atoms with Gasteiger partial charge in [-0.1, -0.05) is 22.9 Å². The highest BCUT2D eigenvalue weighted by Crippen LogP contribution is 2.21. The number of rotatable bonds is 4. The average molecular weight is 368 g/mol. The van der Waals surface area contributed by atoms with Crippen molar-refractivity contribution in [1.29, 1.82) is 0 Å². The van der Waals surface area contributed by atoms with Crippen molar-refractivity contribution < 1.29 is 4.68 Å². The van der Waals surface area contributed by atoms with Crippen molar-refractivity contribution in [2.24, 2.45) is 7.05 Å². The molecule has 1 aromatic carbocycles. The number of aromatic nitrogens is 6. The van der Waals surface area contributed by atoms with Crippen LogP contribution in [-0.2, 0) is 7.05 Å². The van der Waals surface area contributed by atoms with Gasteiger partial charge < -0.3 is 4.57 Å². The standard InChI is InChI=1S/C21H18N7/c1-26-15-23-24-21(26)17-5-4-6-18(13-17)25-27-11-8-16(9-12-27)19-14-22-20-7-2-3-10-28(19)20/h2-15,25H,1H3/q+1. The third-order valence-corrected chi connectivity index (χ3v) is 4.63. The van der Waals surface area contributed by atoms with Gasteiger partial charge in [-0.05, 0) is 24.3 Å². The predicted octanol–water partition coefficient (Wildman–Crippen LogP) is 2.96. The molecule has 0 aliphatic heterocycles. The second-order valence-corrected chi connectivity index (χ2v) is 6.52. The Morgan fingerprint density at radius 3 is 2.68 bits per heavy atom. The maximum absolute atomic E-state index is 4.45. The fourth-order valence-corrected chi connectivity index (χ4v) is 3.24. The lowest BCUT2D eigenvalue weighted by Crippen LogP contribution is -2.41. The van der Waals surface area contributed by atoms with Gasteiger partial charge in [0, 0.05) is 36.5 Å². The lowest BCUT2D eigenvalue weighted by molar-refractivity contribution is -0.642. The van der Waals surface area contributed by atoms with E-state index in [-0.39, 0.29) is 0 Å². The molecule has 0 unspecified atom stereocenters. The molecule has 0 spiro atoms. The zero-order chi connectivity index (χ0) is 18.9. The normalized spacial score (nSPS) is 11.0. The summed E-state index contributed by atoms with van der Waals surface area (Å²) in [5.41, 5.74) is 8.45. The van der Waals surface area contributed by atoms with Gasteiger partial charge >= 0.3 is 0 Å². The number of nitrogens with zero attached hydrogens (tertiary/aromatic N) is 6. The Hall–Kier alpha value is -4.00. The smallest absolute Gasteiger partial charge is 0.200 e. The molecule has 0 radical (unpaired) electrons. The largest absolute Gasteiger partial charge is 0.317 e. The first kappa shape index (κ1) is 16.2. The molecule has 0 saturated heterocycles. The van der Waals surface area contributed by atoms with Gasteiger partial charge in [-0.15, -0.1) is 10.2 Å². The molecule has 5 rings (SSSR count). The van der Waals surface area contributed by atoms with Crippen LogP contribution in [0.2, 0.25) is 0 Å². The number of hydrogen-bond donors (Lipinski definition) is 1. The Labute approximate surface area is 161 Å². The summed E-state index contributed by atoms with van der Waals surface area (Å²) in [5.74, 6) is 0.830. The van der Waals surface area contributed by atoms with Crippen molar-refractivity contribution >= 4 is 11.3 Å². The average Bonchev–Trinajstić information content (AvgIpc) is 3.35. The molecule has 4 heterocycles. The lowest BCUT2D eigenvalue weighted by atomic mass is 10.2. The van der Waals surface area contributed by atoms with Gasteiger partial charge in [-0.25, -0.2) is 4.98 Å². The number of hydrogen-bond acceptors (Lipinski definition) is 4. The lowest BCUT2D eigenvalue weighted by Gasteiger charge is -2.05. The topological polar surface area (TPSA) is 63.9 Å². The van der Waals surface area contributed by atoms with Gasteiger partial charge in [-0.2, -0.15) is 5.43 Å². The molecule has 0 bridgehead atoms. The van der Waals surface area contributed by atoms with E-state index in [1.54, 1.807) is 6.33 Å². The Morgan fingerprint density at radius 2 is 1.86 bits per heavy atom. The van der Waals surface area contributed by atoms with Crippen LogP contribution >= 0.6 is 0 Å². The summed E-state index contributed by atoms with van der Waals surface area (Å²) in [5, 5.41) is 8.12. The molecule has 0 saturated carbocycles. The molecular formula is C21H18N7+. The Kier molecular flexibility index (Phi) is 3.83. The Bertz CT molecular complexity index is 1250. The predicted molar refractivity (Wildman–Crippen MR) is 106 cm³/mol. The quantitative estimate of drug-likeness (QED) is 0.496. The van der Waals surface area contributed by atoms with Crippen molar-refractivity contribution in [2.45, 2.75) is 0 Å². The van der Waals surface area contributed by atoms with E-state index in [1.165, 1.54) is 0 Å². The summed E-state index contributed by atoms with van der Waals surface area (Å²) in [6.07, 6.45) is 9.60. The summed E-state index contributed by atoms with van der Waals surface area (Å²) >= 11 is 0. The van der Waals surface area contributed by atoms with E-state index in [9.17, 15) is 0 Å². The van der Waals surface area contributed by atoms with E-state index in [0.717, 1.165) is 34.0 Å². The van der Waals surface area contributed by atoms with E-state index in [4.69, 9.17) is 0 Å². The highest BCUT2D eigenvalue weighted by atomic mass is 15.4. The molecule has 4 aromatic heterocycles. The number of nitrogens with one attached hydrogen (secondary N) is 1. The second kappa shape index (κ2) is 6.62. The first-order chi connectivity index (χ1) is 13.8. The summed E-state index contributed by atoms with van der Waals surface area (Å²) in [6, 6.07) is 18.2. The van der Waals surface area contributed by atoms with Crippen LogP contribution in [0.3, 0.4) is 0 Å². The van der Waals surface area contributed by atoms with Crippen LogP contribution in [0.1, 0.15) is 0 Å². The van der Waals surface area contributed by atoms with E-state index < -0.39 is 0 Å². The molecular weight excluding hydrogens is 350 g/mol. The summed E-state index contributed by atoms with van der Waals surface area (Å²) < 4.78 is 5.90. The van der Waals surface area contributed by atoms with Gasteiger partial charge in [-0.3, -0.25) is 4.40 Å². The third-order valence-electron chi connectivity index (χ3n) is 4.63. The van der Waals surface area contributed by atoms with E-state index >= 15 is 0 Å². The second-order valence-electron chi connectivity index (χ2n) is 6.52. The van der Waals surface area contributed by atoms with E-state index in [0.29, 0.717) is 0 Å². The van der Waals surface area contributed by atoms with Crippen LogP contribution in [0.25, 0.3) is 28.3 Å². The van der Waals surface area contributed by atoms with Crippen molar-refractivity contribution in [3.05, 3.63) is 85.7 Å². The summed E-state index contributed by atoms with van der Waals surface area (Å²) in [7, 11) is 1.93. The number of aryl methyl sites for hydroxylation is 1. The minimum absolute atomic E-state index is 0.830. The molecule has 0 amide bonds.